The summed E-state index contributed by atoms with van der Waals surface area (Å²) >= 11 is 0. The van der Waals surface area contributed by atoms with Crippen LogP contribution in [0.25, 0.3) is 22.4 Å². The highest BCUT2D eigenvalue weighted by atomic mass is 16.5. The molecule has 168 valence electrons. The Kier molecular flexibility index (Phi) is 5.01. The predicted molar refractivity (Wildman–Crippen MR) is 123 cm³/mol. The summed E-state index contributed by atoms with van der Waals surface area (Å²) in [6.07, 6.45) is 10.8. The summed E-state index contributed by atoms with van der Waals surface area (Å²) < 4.78 is 7.88. The zero-order valence-corrected chi connectivity index (χ0v) is 18.2. The number of hydrogen-bond acceptors (Lipinski definition) is 9. The predicted octanol–water partition coefficient (Wildman–Crippen LogP) is 2.64. The summed E-state index contributed by atoms with van der Waals surface area (Å²) in [6.45, 7) is 3.86. The number of nitrogens with two attached hydrogens (primary N) is 1. The van der Waals surface area contributed by atoms with Gasteiger partial charge in [-0.05, 0) is 31.6 Å². The number of ether oxygens (including phenoxy) is 1. The molecule has 3 aliphatic rings. The molecule has 2 aliphatic carbocycles. The van der Waals surface area contributed by atoms with Gasteiger partial charge in [-0.3, -0.25) is 4.57 Å². The van der Waals surface area contributed by atoms with Crippen LogP contribution in [0.15, 0.2) is 12.4 Å². The first-order valence-corrected chi connectivity index (χ1v) is 11.7. The van der Waals surface area contributed by atoms with E-state index in [9.17, 15) is 0 Å². The molecule has 3 aromatic heterocycles. The third kappa shape index (κ3) is 3.72. The van der Waals surface area contributed by atoms with E-state index in [1.165, 1.54) is 25.7 Å². The molecule has 3 fully saturated rings. The maximum absolute atomic E-state index is 5.74. The molecule has 0 unspecified atom stereocenters. The van der Waals surface area contributed by atoms with E-state index in [2.05, 4.69) is 24.8 Å². The van der Waals surface area contributed by atoms with Gasteiger partial charge in [0.1, 0.15) is 11.2 Å². The Morgan fingerprint density at radius 1 is 1.00 bits per heavy atom. The molecule has 0 atom stereocenters. The van der Waals surface area contributed by atoms with Crippen molar-refractivity contribution in [1.82, 2.24) is 29.5 Å². The molecular weight excluding hydrogens is 406 g/mol. The first-order valence-electron chi connectivity index (χ1n) is 11.7. The average Bonchev–Trinajstić information content (AvgIpc) is 3.36. The molecule has 10 heteroatoms. The van der Waals surface area contributed by atoms with Gasteiger partial charge in [0.05, 0.1) is 13.2 Å². The van der Waals surface area contributed by atoms with E-state index in [0.717, 1.165) is 66.8 Å². The summed E-state index contributed by atoms with van der Waals surface area (Å²) in [6, 6.07) is 0.407. The number of rotatable bonds is 6. The number of imidazole rings is 1. The zero-order chi connectivity index (χ0) is 21.5. The van der Waals surface area contributed by atoms with E-state index in [-0.39, 0.29) is 5.95 Å². The lowest BCUT2D eigenvalue weighted by Crippen LogP contribution is -2.37. The molecule has 0 amide bonds. The van der Waals surface area contributed by atoms with Gasteiger partial charge in [0.15, 0.2) is 5.65 Å². The van der Waals surface area contributed by atoms with Crippen molar-refractivity contribution in [3.05, 3.63) is 12.4 Å². The van der Waals surface area contributed by atoms with Gasteiger partial charge in [-0.2, -0.15) is 4.98 Å². The number of fused-ring (bicyclic) bond motifs is 1. The summed E-state index contributed by atoms with van der Waals surface area (Å²) in [5.74, 6) is 2.62. The summed E-state index contributed by atoms with van der Waals surface area (Å²) in [5.41, 5.74) is 8.97. The van der Waals surface area contributed by atoms with Crippen molar-refractivity contribution in [2.45, 2.75) is 44.6 Å². The molecule has 0 radical (unpaired) electrons. The molecule has 10 nitrogen and oxygen atoms in total. The summed E-state index contributed by atoms with van der Waals surface area (Å²) in [5, 5.41) is 3.63. The van der Waals surface area contributed by atoms with E-state index in [1.54, 1.807) is 12.4 Å². The highest BCUT2D eigenvalue weighted by Crippen LogP contribution is 2.38. The van der Waals surface area contributed by atoms with Crippen LogP contribution in [0.1, 0.15) is 44.6 Å². The lowest BCUT2D eigenvalue weighted by Gasteiger charge is -2.27. The van der Waals surface area contributed by atoms with Crippen molar-refractivity contribution >= 4 is 29.0 Å². The molecule has 3 aromatic rings. The normalized spacial score (nSPS) is 19.7. The largest absolute Gasteiger partial charge is 0.378 e. The van der Waals surface area contributed by atoms with Crippen LogP contribution in [0.2, 0.25) is 0 Å². The van der Waals surface area contributed by atoms with Crippen LogP contribution < -0.4 is 16.0 Å². The maximum atomic E-state index is 5.74. The Bertz CT molecular complexity index is 1100. The molecule has 0 spiro atoms. The summed E-state index contributed by atoms with van der Waals surface area (Å²) in [4.78, 5) is 25.6. The van der Waals surface area contributed by atoms with Crippen molar-refractivity contribution in [1.29, 1.82) is 0 Å². The number of nitrogens with one attached hydrogen (secondary N) is 1. The summed E-state index contributed by atoms with van der Waals surface area (Å²) in [7, 11) is 0. The van der Waals surface area contributed by atoms with Gasteiger partial charge < -0.3 is 20.7 Å². The quantitative estimate of drug-likeness (QED) is 0.602. The number of hydrogen-bond donors (Lipinski definition) is 2. The second kappa shape index (κ2) is 8.16. The molecule has 3 N–H and O–H groups in total. The number of anilines is 3. The van der Waals surface area contributed by atoms with E-state index in [4.69, 9.17) is 25.4 Å². The third-order valence-corrected chi connectivity index (χ3v) is 6.70. The van der Waals surface area contributed by atoms with Gasteiger partial charge in [-0.1, -0.05) is 12.8 Å². The van der Waals surface area contributed by atoms with Gasteiger partial charge in [-0.25, -0.2) is 19.9 Å². The van der Waals surface area contributed by atoms with E-state index >= 15 is 0 Å². The smallest absolute Gasteiger partial charge is 0.228 e. The van der Waals surface area contributed by atoms with Crippen LogP contribution >= 0.6 is 0 Å². The molecule has 2 saturated carbocycles. The first kappa shape index (κ1) is 19.7. The fourth-order valence-electron chi connectivity index (χ4n) is 4.72. The van der Waals surface area contributed by atoms with Crippen molar-refractivity contribution in [2.75, 3.05) is 48.8 Å². The van der Waals surface area contributed by atoms with Gasteiger partial charge in [-0.15, -0.1) is 0 Å². The van der Waals surface area contributed by atoms with Gasteiger partial charge >= 0.3 is 0 Å². The van der Waals surface area contributed by atoms with E-state index in [1.807, 2.05) is 0 Å². The molecule has 0 bridgehead atoms. The standard InChI is InChI=1S/C22H29N9O/c23-20-24-12-15(13-25-20)17-18-19(29-22(27-17)30-7-9-32-10-8-30)31(16-3-1-2-4-16)21(28-18)26-11-14-5-6-14/h12-14,16H,1-11H2,(H,26,28)(H2,23,24,25). The molecule has 1 saturated heterocycles. The monoisotopic (exact) mass is 435 g/mol. The van der Waals surface area contributed by atoms with Crippen molar-refractivity contribution < 1.29 is 4.74 Å². The van der Waals surface area contributed by atoms with Crippen LogP contribution in [-0.4, -0.2) is 62.3 Å². The van der Waals surface area contributed by atoms with E-state index in [0.29, 0.717) is 25.2 Å². The number of morpholine rings is 1. The molecule has 0 aromatic carbocycles. The van der Waals surface area contributed by atoms with E-state index < -0.39 is 0 Å². The Hall–Kier alpha value is -3.01. The second-order valence-electron chi connectivity index (χ2n) is 9.04. The van der Waals surface area contributed by atoms with Crippen LogP contribution in [-0.2, 0) is 4.74 Å². The minimum atomic E-state index is 0.246. The van der Waals surface area contributed by atoms with Crippen molar-refractivity contribution in [3.63, 3.8) is 0 Å². The Balaban J connectivity index is 1.52. The second-order valence-corrected chi connectivity index (χ2v) is 9.04. The average molecular weight is 436 g/mol. The molecule has 6 rings (SSSR count). The number of aromatic nitrogens is 6. The molecular formula is C22H29N9O. The number of nitrogen functional groups attached to an aromatic ring is 1. The third-order valence-electron chi connectivity index (χ3n) is 6.70. The molecule has 32 heavy (non-hydrogen) atoms. The fraction of sp³-hybridized carbons (Fsp3) is 0.591. The molecule has 1 aliphatic heterocycles. The number of nitrogens with zero attached hydrogens (tertiary/aromatic N) is 7. The van der Waals surface area contributed by atoms with Crippen LogP contribution in [0.5, 0.6) is 0 Å². The maximum Gasteiger partial charge on any atom is 0.228 e. The Morgan fingerprint density at radius 2 is 1.75 bits per heavy atom. The van der Waals surface area contributed by atoms with Crippen LogP contribution in [0.3, 0.4) is 0 Å². The van der Waals surface area contributed by atoms with Gasteiger partial charge in [0.25, 0.3) is 0 Å². The minimum Gasteiger partial charge on any atom is -0.378 e. The van der Waals surface area contributed by atoms with Crippen LogP contribution in [0, 0.1) is 5.92 Å². The lowest BCUT2D eigenvalue weighted by atomic mass is 10.2. The first-order chi connectivity index (χ1) is 15.8. The van der Waals surface area contributed by atoms with Crippen molar-refractivity contribution in [2.24, 2.45) is 5.92 Å². The Morgan fingerprint density at radius 3 is 2.47 bits per heavy atom. The van der Waals surface area contributed by atoms with Gasteiger partial charge in [0.2, 0.25) is 17.8 Å². The van der Waals surface area contributed by atoms with Crippen LogP contribution in [0.4, 0.5) is 17.8 Å². The Labute approximate surface area is 186 Å². The fourth-order valence-corrected chi connectivity index (χ4v) is 4.72. The minimum absolute atomic E-state index is 0.246. The topological polar surface area (TPSA) is 120 Å². The zero-order valence-electron chi connectivity index (χ0n) is 18.2. The highest BCUT2D eigenvalue weighted by Gasteiger charge is 2.29. The molecule has 4 heterocycles. The highest BCUT2D eigenvalue weighted by molar-refractivity contribution is 5.90. The lowest BCUT2D eigenvalue weighted by molar-refractivity contribution is 0.122. The van der Waals surface area contributed by atoms with Crippen molar-refractivity contribution in [3.8, 4) is 11.3 Å². The van der Waals surface area contributed by atoms with Gasteiger partial charge in [0, 0.05) is 43.6 Å². The SMILES string of the molecule is Nc1ncc(-c2nc(N3CCOCC3)nc3c2nc(NCC2CC2)n3C2CCCC2)cn1.